The summed E-state index contributed by atoms with van der Waals surface area (Å²) in [6, 6.07) is 4.02. The minimum absolute atomic E-state index is 0.109. The molecule has 4 nitrogen and oxygen atoms in total. The van der Waals surface area contributed by atoms with E-state index in [4.69, 9.17) is 0 Å². The predicted octanol–water partition coefficient (Wildman–Crippen LogP) is 1.65. The molecule has 0 radical (unpaired) electrons. The number of hydrogen-bond donors (Lipinski definition) is 1. The van der Waals surface area contributed by atoms with Crippen molar-refractivity contribution in [3.8, 4) is 0 Å². The standard InChI is InChI=1S/C11H15BrN2O2S/c1-8(15)14(2)7-11(16)13-6-5-9-3-4-10(12)17-9/h3-4H,5-7H2,1-2H3,(H,13,16). The summed E-state index contributed by atoms with van der Waals surface area (Å²) < 4.78 is 1.09. The van der Waals surface area contributed by atoms with Crippen LogP contribution in [0.3, 0.4) is 0 Å². The van der Waals surface area contributed by atoms with Crippen LogP contribution >= 0.6 is 27.3 Å². The molecule has 2 amide bonds. The van der Waals surface area contributed by atoms with Gasteiger partial charge in [0.15, 0.2) is 0 Å². The van der Waals surface area contributed by atoms with E-state index in [0.717, 1.165) is 10.2 Å². The van der Waals surface area contributed by atoms with Gasteiger partial charge in [0, 0.05) is 25.4 Å². The molecule has 6 heteroatoms. The lowest BCUT2D eigenvalue weighted by molar-refractivity contribution is -0.133. The van der Waals surface area contributed by atoms with E-state index in [0.29, 0.717) is 6.54 Å². The van der Waals surface area contributed by atoms with Crippen molar-refractivity contribution in [1.29, 1.82) is 0 Å². The topological polar surface area (TPSA) is 49.4 Å². The van der Waals surface area contributed by atoms with Crippen molar-refractivity contribution >= 4 is 39.1 Å². The van der Waals surface area contributed by atoms with E-state index < -0.39 is 0 Å². The number of halogens is 1. The summed E-state index contributed by atoms with van der Waals surface area (Å²) in [5.74, 6) is -0.236. The van der Waals surface area contributed by atoms with Crippen LogP contribution < -0.4 is 5.32 Å². The molecule has 0 fully saturated rings. The van der Waals surface area contributed by atoms with Gasteiger partial charge in [-0.3, -0.25) is 9.59 Å². The number of thiophene rings is 1. The van der Waals surface area contributed by atoms with E-state index >= 15 is 0 Å². The fraction of sp³-hybridized carbons (Fsp3) is 0.455. The summed E-state index contributed by atoms with van der Waals surface area (Å²) in [7, 11) is 1.61. The molecule has 1 aromatic heterocycles. The molecule has 1 rings (SSSR count). The van der Waals surface area contributed by atoms with E-state index in [2.05, 4.69) is 21.2 Å². The third-order valence-corrected chi connectivity index (χ3v) is 3.92. The van der Waals surface area contributed by atoms with E-state index in [-0.39, 0.29) is 18.4 Å². The average molecular weight is 319 g/mol. The molecule has 0 aliphatic carbocycles. The second kappa shape index (κ2) is 6.76. The van der Waals surface area contributed by atoms with Crippen LogP contribution in [0.5, 0.6) is 0 Å². The SMILES string of the molecule is CC(=O)N(C)CC(=O)NCCc1ccc(Br)s1. The molecule has 1 heterocycles. The molecule has 94 valence electrons. The zero-order chi connectivity index (χ0) is 12.8. The van der Waals surface area contributed by atoms with E-state index in [1.165, 1.54) is 16.7 Å². The number of carbonyl (C=O) groups is 2. The van der Waals surface area contributed by atoms with Crippen molar-refractivity contribution in [3.63, 3.8) is 0 Å². The smallest absolute Gasteiger partial charge is 0.239 e. The number of amides is 2. The quantitative estimate of drug-likeness (QED) is 0.897. The first-order chi connectivity index (χ1) is 7.99. The lowest BCUT2D eigenvalue weighted by Crippen LogP contribution is -2.38. The maximum absolute atomic E-state index is 11.4. The minimum atomic E-state index is -0.127. The van der Waals surface area contributed by atoms with Crippen LogP contribution in [0.2, 0.25) is 0 Å². The number of carbonyl (C=O) groups excluding carboxylic acids is 2. The molecular formula is C11H15BrN2O2S. The van der Waals surface area contributed by atoms with Gasteiger partial charge in [-0.25, -0.2) is 0 Å². The first-order valence-corrected chi connectivity index (χ1v) is 6.82. The summed E-state index contributed by atoms with van der Waals surface area (Å²) in [6.45, 7) is 2.15. The molecule has 0 aromatic carbocycles. The first kappa shape index (κ1) is 14.2. The van der Waals surface area contributed by atoms with Gasteiger partial charge >= 0.3 is 0 Å². The van der Waals surface area contributed by atoms with Gasteiger partial charge in [0.1, 0.15) is 0 Å². The largest absolute Gasteiger partial charge is 0.354 e. The summed E-state index contributed by atoms with van der Waals surface area (Å²) in [5, 5.41) is 2.78. The highest BCUT2D eigenvalue weighted by atomic mass is 79.9. The Labute approximate surface area is 113 Å². The summed E-state index contributed by atoms with van der Waals surface area (Å²) >= 11 is 5.05. The molecule has 1 N–H and O–H groups in total. The Morgan fingerprint density at radius 3 is 2.71 bits per heavy atom. The molecule has 0 unspecified atom stereocenters. The molecule has 1 aromatic rings. The number of nitrogens with one attached hydrogen (secondary N) is 1. The monoisotopic (exact) mass is 318 g/mol. The molecule has 0 saturated heterocycles. The minimum Gasteiger partial charge on any atom is -0.354 e. The maximum atomic E-state index is 11.4. The van der Waals surface area contributed by atoms with E-state index in [1.54, 1.807) is 18.4 Å². The number of rotatable bonds is 5. The van der Waals surface area contributed by atoms with Gasteiger partial charge in [-0.1, -0.05) is 0 Å². The van der Waals surface area contributed by atoms with Crippen molar-refractivity contribution < 1.29 is 9.59 Å². The van der Waals surface area contributed by atoms with Gasteiger partial charge < -0.3 is 10.2 Å². The Hall–Kier alpha value is -0.880. The van der Waals surface area contributed by atoms with E-state index in [1.807, 2.05) is 12.1 Å². The van der Waals surface area contributed by atoms with Crippen LogP contribution in [-0.4, -0.2) is 36.9 Å². The van der Waals surface area contributed by atoms with Gasteiger partial charge in [-0.2, -0.15) is 0 Å². The maximum Gasteiger partial charge on any atom is 0.239 e. The van der Waals surface area contributed by atoms with Crippen LogP contribution in [0.1, 0.15) is 11.8 Å². The highest BCUT2D eigenvalue weighted by Crippen LogP contribution is 2.21. The third-order valence-electron chi connectivity index (χ3n) is 2.24. The molecule has 17 heavy (non-hydrogen) atoms. The van der Waals surface area contributed by atoms with Crippen LogP contribution in [-0.2, 0) is 16.0 Å². The lowest BCUT2D eigenvalue weighted by atomic mass is 10.3. The van der Waals surface area contributed by atoms with Crippen molar-refractivity contribution in [1.82, 2.24) is 10.2 Å². The number of likely N-dealkylation sites (N-methyl/N-ethyl adjacent to an activating group) is 1. The van der Waals surface area contributed by atoms with Gasteiger partial charge in [0.05, 0.1) is 10.3 Å². The highest BCUT2D eigenvalue weighted by molar-refractivity contribution is 9.11. The van der Waals surface area contributed by atoms with Crippen molar-refractivity contribution in [2.45, 2.75) is 13.3 Å². The summed E-state index contributed by atoms with van der Waals surface area (Å²) in [5.41, 5.74) is 0. The number of hydrogen-bond acceptors (Lipinski definition) is 3. The van der Waals surface area contributed by atoms with Crippen LogP contribution in [0.25, 0.3) is 0 Å². The fourth-order valence-electron chi connectivity index (χ4n) is 1.19. The predicted molar refractivity (Wildman–Crippen MR) is 72.0 cm³/mol. The van der Waals surface area contributed by atoms with E-state index in [9.17, 15) is 9.59 Å². The Bertz CT molecular complexity index is 406. The second-order valence-electron chi connectivity index (χ2n) is 3.68. The normalized spacial score (nSPS) is 10.1. The highest BCUT2D eigenvalue weighted by Gasteiger charge is 2.08. The van der Waals surface area contributed by atoms with Gasteiger partial charge in [-0.05, 0) is 34.5 Å². The Morgan fingerprint density at radius 1 is 1.47 bits per heavy atom. The van der Waals surface area contributed by atoms with Crippen molar-refractivity contribution in [2.24, 2.45) is 0 Å². The molecule has 0 saturated carbocycles. The fourth-order valence-corrected chi connectivity index (χ4v) is 2.68. The summed E-state index contributed by atoms with van der Waals surface area (Å²) in [4.78, 5) is 25.0. The lowest BCUT2D eigenvalue weighted by Gasteiger charge is -2.13. The van der Waals surface area contributed by atoms with Gasteiger partial charge in [0.2, 0.25) is 11.8 Å². The van der Waals surface area contributed by atoms with Crippen LogP contribution in [0.15, 0.2) is 15.9 Å². The molecule has 0 spiro atoms. The number of nitrogens with zero attached hydrogens (tertiary/aromatic N) is 1. The Balaban J connectivity index is 2.22. The molecule has 0 aliphatic heterocycles. The van der Waals surface area contributed by atoms with Gasteiger partial charge in [-0.15, -0.1) is 11.3 Å². The Morgan fingerprint density at radius 2 is 2.18 bits per heavy atom. The van der Waals surface area contributed by atoms with Crippen molar-refractivity contribution in [2.75, 3.05) is 20.1 Å². The zero-order valence-corrected chi connectivity index (χ0v) is 12.2. The molecule has 0 aliphatic rings. The summed E-state index contributed by atoms with van der Waals surface area (Å²) in [6.07, 6.45) is 0.811. The molecular weight excluding hydrogens is 304 g/mol. The first-order valence-electron chi connectivity index (χ1n) is 5.21. The van der Waals surface area contributed by atoms with Crippen LogP contribution in [0, 0.1) is 0 Å². The van der Waals surface area contributed by atoms with Gasteiger partial charge in [0.25, 0.3) is 0 Å². The average Bonchev–Trinajstić information content (AvgIpc) is 2.64. The van der Waals surface area contributed by atoms with Crippen molar-refractivity contribution in [3.05, 3.63) is 20.8 Å². The molecule has 0 bridgehead atoms. The zero-order valence-electron chi connectivity index (χ0n) is 9.83. The third kappa shape index (κ3) is 5.32. The molecule has 0 atom stereocenters. The van der Waals surface area contributed by atoms with Crippen LogP contribution in [0.4, 0.5) is 0 Å². The second-order valence-corrected chi connectivity index (χ2v) is 6.23. The Kier molecular flexibility index (Phi) is 5.64.